The highest BCUT2D eigenvalue weighted by atomic mass is 32.2. The van der Waals surface area contributed by atoms with Crippen molar-refractivity contribution in [1.82, 2.24) is 4.31 Å². The van der Waals surface area contributed by atoms with Gasteiger partial charge in [0.25, 0.3) is 0 Å². The zero-order chi connectivity index (χ0) is 20.9. The lowest BCUT2D eigenvalue weighted by Gasteiger charge is -2.30. The fourth-order valence-corrected chi connectivity index (χ4v) is 4.63. The van der Waals surface area contributed by atoms with E-state index >= 15 is 0 Å². The van der Waals surface area contributed by atoms with Crippen LogP contribution in [0.1, 0.15) is 30.6 Å². The molecule has 0 bridgehead atoms. The Morgan fingerprint density at radius 3 is 2.45 bits per heavy atom. The van der Waals surface area contributed by atoms with Gasteiger partial charge in [-0.05, 0) is 49.7 Å². The summed E-state index contributed by atoms with van der Waals surface area (Å²) in [6.45, 7) is 4.69. The molecular weight excluding hydrogens is 394 g/mol. The Kier molecular flexibility index (Phi) is 6.76. The number of benzene rings is 2. The van der Waals surface area contributed by atoms with E-state index in [4.69, 9.17) is 14.2 Å². The predicted octanol–water partition coefficient (Wildman–Crippen LogP) is 3.10. The van der Waals surface area contributed by atoms with Crippen LogP contribution in [-0.4, -0.2) is 51.1 Å². The van der Waals surface area contributed by atoms with Gasteiger partial charge in [0.1, 0.15) is 12.7 Å². The molecule has 0 saturated heterocycles. The van der Waals surface area contributed by atoms with Gasteiger partial charge >= 0.3 is 5.97 Å². The average Bonchev–Trinajstić information content (AvgIpc) is 2.73. The van der Waals surface area contributed by atoms with Crippen LogP contribution in [0.2, 0.25) is 0 Å². The van der Waals surface area contributed by atoms with Crippen molar-refractivity contribution in [2.75, 3.05) is 26.3 Å². The molecule has 0 N–H and O–H groups in total. The number of fused-ring (bicyclic) bond motifs is 1. The topological polar surface area (TPSA) is 82.1 Å². The fraction of sp³-hybridized carbons (Fsp3) is 0.381. The molecule has 1 heterocycles. The molecule has 1 aliphatic heterocycles. The van der Waals surface area contributed by atoms with Crippen LogP contribution >= 0.6 is 0 Å². The minimum Gasteiger partial charge on any atom is -0.486 e. The molecule has 0 amide bonds. The molecule has 2 aromatic rings. The Hall–Kier alpha value is -2.58. The van der Waals surface area contributed by atoms with Crippen LogP contribution in [0, 0.1) is 0 Å². The highest BCUT2D eigenvalue weighted by molar-refractivity contribution is 7.89. The monoisotopic (exact) mass is 419 g/mol. The van der Waals surface area contributed by atoms with Gasteiger partial charge in [-0.3, -0.25) is 0 Å². The SMILES string of the molecule is CCCN(CC1COc2ccccc2O1)S(=O)(=O)c1ccc(C(=O)OCC)cc1. The minimum atomic E-state index is -3.75. The quantitative estimate of drug-likeness (QED) is 0.612. The number of carbonyl (C=O) groups is 1. The van der Waals surface area contributed by atoms with Gasteiger partial charge in [-0.2, -0.15) is 4.31 Å². The highest BCUT2D eigenvalue weighted by Gasteiger charge is 2.30. The van der Waals surface area contributed by atoms with E-state index in [0.29, 0.717) is 30.0 Å². The van der Waals surface area contributed by atoms with Crippen LogP contribution in [0.15, 0.2) is 53.4 Å². The second-order valence-electron chi connectivity index (χ2n) is 6.61. The zero-order valence-electron chi connectivity index (χ0n) is 16.5. The van der Waals surface area contributed by atoms with Crippen molar-refractivity contribution < 1.29 is 27.4 Å². The Bertz CT molecular complexity index is 942. The largest absolute Gasteiger partial charge is 0.486 e. The van der Waals surface area contributed by atoms with Crippen LogP contribution in [-0.2, 0) is 14.8 Å². The summed E-state index contributed by atoms with van der Waals surface area (Å²) >= 11 is 0. The van der Waals surface area contributed by atoms with Crippen molar-refractivity contribution in [3.63, 3.8) is 0 Å². The summed E-state index contributed by atoms with van der Waals surface area (Å²) in [4.78, 5) is 11.9. The average molecular weight is 419 g/mol. The maximum Gasteiger partial charge on any atom is 0.338 e. The Morgan fingerprint density at radius 2 is 1.79 bits per heavy atom. The third kappa shape index (κ3) is 4.89. The predicted molar refractivity (Wildman–Crippen MR) is 108 cm³/mol. The van der Waals surface area contributed by atoms with E-state index in [2.05, 4.69) is 0 Å². The number of ether oxygens (including phenoxy) is 3. The van der Waals surface area contributed by atoms with E-state index in [-0.39, 0.29) is 24.7 Å². The van der Waals surface area contributed by atoms with Crippen LogP contribution < -0.4 is 9.47 Å². The van der Waals surface area contributed by atoms with Crippen LogP contribution in [0.5, 0.6) is 11.5 Å². The van der Waals surface area contributed by atoms with Crippen LogP contribution in [0.25, 0.3) is 0 Å². The van der Waals surface area contributed by atoms with Crippen LogP contribution in [0.4, 0.5) is 0 Å². The maximum absolute atomic E-state index is 13.2. The Labute approximate surface area is 171 Å². The zero-order valence-corrected chi connectivity index (χ0v) is 17.4. The maximum atomic E-state index is 13.2. The molecule has 0 radical (unpaired) electrons. The summed E-state index contributed by atoms with van der Waals surface area (Å²) in [5, 5.41) is 0. The number of carbonyl (C=O) groups excluding carboxylic acids is 1. The summed E-state index contributed by atoms with van der Waals surface area (Å²) < 4.78 is 44.3. The van der Waals surface area contributed by atoms with Gasteiger partial charge in [-0.1, -0.05) is 19.1 Å². The summed E-state index contributed by atoms with van der Waals surface area (Å²) in [5.41, 5.74) is 0.313. The Balaban J connectivity index is 1.76. The molecule has 0 aromatic heterocycles. The van der Waals surface area contributed by atoms with Gasteiger partial charge < -0.3 is 14.2 Å². The summed E-state index contributed by atoms with van der Waals surface area (Å²) in [6, 6.07) is 13.1. The molecule has 8 heteroatoms. The molecule has 0 fully saturated rings. The van der Waals surface area contributed by atoms with Crippen molar-refractivity contribution in [2.45, 2.75) is 31.3 Å². The third-order valence-electron chi connectivity index (χ3n) is 4.45. The first-order valence-electron chi connectivity index (χ1n) is 9.61. The lowest BCUT2D eigenvalue weighted by molar-refractivity contribution is 0.0526. The number of esters is 1. The molecule has 0 saturated carbocycles. The summed E-state index contributed by atoms with van der Waals surface area (Å²) in [7, 11) is -3.75. The van der Waals surface area contributed by atoms with Crippen molar-refractivity contribution >= 4 is 16.0 Å². The van der Waals surface area contributed by atoms with Crippen LogP contribution in [0.3, 0.4) is 0 Å². The first-order valence-corrected chi connectivity index (χ1v) is 11.1. The molecule has 0 spiro atoms. The Morgan fingerprint density at radius 1 is 1.10 bits per heavy atom. The number of hydrogen-bond acceptors (Lipinski definition) is 6. The molecule has 2 aromatic carbocycles. The van der Waals surface area contributed by atoms with E-state index in [0.717, 1.165) is 0 Å². The van der Waals surface area contributed by atoms with E-state index in [9.17, 15) is 13.2 Å². The van der Waals surface area contributed by atoms with Crippen molar-refractivity contribution in [2.24, 2.45) is 0 Å². The summed E-state index contributed by atoms with van der Waals surface area (Å²) in [6.07, 6.45) is 0.245. The molecule has 7 nitrogen and oxygen atoms in total. The fourth-order valence-electron chi connectivity index (χ4n) is 3.07. The second kappa shape index (κ2) is 9.28. The van der Waals surface area contributed by atoms with Gasteiger partial charge in [0.15, 0.2) is 11.5 Å². The van der Waals surface area contributed by atoms with E-state index in [1.165, 1.54) is 28.6 Å². The molecular formula is C21H25NO6S. The third-order valence-corrected chi connectivity index (χ3v) is 6.33. The molecule has 29 heavy (non-hydrogen) atoms. The number of rotatable bonds is 8. The van der Waals surface area contributed by atoms with Gasteiger partial charge in [0.05, 0.1) is 23.6 Å². The normalized spacial score (nSPS) is 15.9. The molecule has 156 valence electrons. The van der Waals surface area contributed by atoms with E-state index < -0.39 is 22.1 Å². The second-order valence-corrected chi connectivity index (χ2v) is 8.54. The highest BCUT2D eigenvalue weighted by Crippen LogP contribution is 2.31. The number of para-hydroxylation sites is 2. The van der Waals surface area contributed by atoms with Gasteiger partial charge in [0.2, 0.25) is 10.0 Å². The van der Waals surface area contributed by atoms with E-state index in [1.807, 2.05) is 25.1 Å². The number of nitrogens with zero attached hydrogens (tertiary/aromatic N) is 1. The van der Waals surface area contributed by atoms with Gasteiger partial charge in [-0.15, -0.1) is 0 Å². The summed E-state index contributed by atoms with van der Waals surface area (Å²) in [5.74, 6) is 0.785. The molecule has 1 aliphatic rings. The van der Waals surface area contributed by atoms with Crippen molar-refractivity contribution in [3.05, 3.63) is 54.1 Å². The van der Waals surface area contributed by atoms with Crippen molar-refractivity contribution in [1.29, 1.82) is 0 Å². The minimum absolute atomic E-state index is 0.121. The smallest absolute Gasteiger partial charge is 0.338 e. The first-order chi connectivity index (χ1) is 14.0. The number of hydrogen-bond donors (Lipinski definition) is 0. The molecule has 1 atom stereocenters. The number of sulfonamides is 1. The van der Waals surface area contributed by atoms with Gasteiger partial charge in [0, 0.05) is 6.54 Å². The van der Waals surface area contributed by atoms with Crippen molar-refractivity contribution in [3.8, 4) is 11.5 Å². The van der Waals surface area contributed by atoms with E-state index in [1.54, 1.807) is 13.0 Å². The molecule has 3 rings (SSSR count). The lowest BCUT2D eigenvalue weighted by atomic mass is 10.2. The standard InChI is InChI=1S/C21H25NO6S/c1-3-13-22(14-17-15-27-19-7-5-6-8-20(19)28-17)29(24,25)18-11-9-16(10-12-18)21(23)26-4-2/h5-12,17H,3-4,13-15H2,1-2H3. The molecule has 0 aliphatic carbocycles. The van der Waals surface area contributed by atoms with Gasteiger partial charge in [-0.25, -0.2) is 13.2 Å². The first kappa shape index (κ1) is 21.1. The lowest BCUT2D eigenvalue weighted by Crippen LogP contribution is -2.44. The molecule has 1 unspecified atom stereocenters.